The van der Waals surface area contributed by atoms with E-state index in [-0.39, 0.29) is 0 Å². The third kappa shape index (κ3) is 1.59. The van der Waals surface area contributed by atoms with Crippen molar-refractivity contribution in [3.05, 3.63) is 29.7 Å². The summed E-state index contributed by atoms with van der Waals surface area (Å²) in [4.78, 5) is 0. The van der Waals surface area contributed by atoms with Crippen LogP contribution in [0.2, 0.25) is 0 Å². The van der Waals surface area contributed by atoms with E-state index in [2.05, 4.69) is 23.2 Å². The van der Waals surface area contributed by atoms with Crippen molar-refractivity contribution >= 4 is 5.65 Å². The molecular weight excluding hydrogens is 212 g/mol. The van der Waals surface area contributed by atoms with Gasteiger partial charge in [-0.15, -0.1) is 10.2 Å². The van der Waals surface area contributed by atoms with E-state index in [1.165, 1.54) is 19.3 Å². The summed E-state index contributed by atoms with van der Waals surface area (Å²) < 4.78 is 2.02. The van der Waals surface area contributed by atoms with Crippen molar-refractivity contribution in [2.75, 3.05) is 0 Å². The molecule has 0 N–H and O–H groups in total. The lowest BCUT2D eigenvalue weighted by Crippen LogP contribution is -2.07. The van der Waals surface area contributed by atoms with Crippen LogP contribution in [-0.2, 0) is 0 Å². The van der Waals surface area contributed by atoms with Gasteiger partial charge in [0, 0.05) is 18.2 Å². The van der Waals surface area contributed by atoms with Gasteiger partial charge in [-0.2, -0.15) is 5.26 Å². The molecule has 86 valence electrons. The van der Waals surface area contributed by atoms with Gasteiger partial charge in [-0.25, -0.2) is 0 Å². The highest BCUT2D eigenvalue weighted by Crippen LogP contribution is 2.38. The number of pyridine rings is 1. The van der Waals surface area contributed by atoms with Crippen LogP contribution >= 0.6 is 0 Å². The van der Waals surface area contributed by atoms with Crippen molar-refractivity contribution in [2.45, 2.75) is 32.1 Å². The minimum Gasteiger partial charge on any atom is -0.286 e. The zero-order chi connectivity index (χ0) is 11.8. The average Bonchev–Trinajstić information content (AvgIpc) is 2.94. The number of hydrogen-bond donors (Lipinski definition) is 0. The number of nitrogens with zero attached hydrogens (tertiary/aromatic N) is 4. The third-order valence-electron chi connectivity index (χ3n) is 3.76. The molecule has 3 rings (SSSR count). The molecule has 1 fully saturated rings. The van der Waals surface area contributed by atoms with Crippen LogP contribution in [0.25, 0.3) is 5.65 Å². The highest BCUT2D eigenvalue weighted by Gasteiger charge is 2.28. The number of aromatic nitrogens is 3. The molecule has 0 aliphatic heterocycles. The monoisotopic (exact) mass is 226 g/mol. The molecule has 2 heterocycles. The first-order valence-corrected chi connectivity index (χ1v) is 6.04. The molecule has 4 heteroatoms. The molecule has 2 atom stereocenters. The molecule has 1 aliphatic rings. The van der Waals surface area contributed by atoms with E-state index in [9.17, 15) is 0 Å². The molecule has 1 saturated carbocycles. The van der Waals surface area contributed by atoms with E-state index >= 15 is 0 Å². The van der Waals surface area contributed by atoms with Crippen LogP contribution in [0.15, 0.2) is 18.3 Å². The van der Waals surface area contributed by atoms with Crippen LogP contribution < -0.4 is 0 Å². The zero-order valence-electron chi connectivity index (χ0n) is 9.80. The maximum atomic E-state index is 8.85. The van der Waals surface area contributed by atoms with Gasteiger partial charge in [0.05, 0.1) is 11.6 Å². The lowest BCUT2D eigenvalue weighted by atomic mass is 9.97. The largest absolute Gasteiger partial charge is 0.286 e. The van der Waals surface area contributed by atoms with Crippen LogP contribution in [0.3, 0.4) is 0 Å². The summed E-state index contributed by atoms with van der Waals surface area (Å²) in [7, 11) is 0. The molecule has 0 aromatic carbocycles. The summed E-state index contributed by atoms with van der Waals surface area (Å²) >= 11 is 0. The molecule has 2 aromatic heterocycles. The van der Waals surface area contributed by atoms with E-state index in [0.29, 0.717) is 17.4 Å². The van der Waals surface area contributed by atoms with Crippen molar-refractivity contribution in [3.8, 4) is 6.07 Å². The van der Waals surface area contributed by atoms with Crippen LogP contribution in [0.5, 0.6) is 0 Å². The fourth-order valence-corrected chi connectivity index (χ4v) is 2.76. The molecule has 1 aliphatic carbocycles. The van der Waals surface area contributed by atoms with E-state index in [4.69, 9.17) is 5.26 Å². The van der Waals surface area contributed by atoms with Crippen molar-refractivity contribution in [1.29, 1.82) is 5.26 Å². The lowest BCUT2D eigenvalue weighted by Gasteiger charge is -2.12. The Balaban J connectivity index is 2.09. The molecule has 0 radical (unpaired) electrons. The summed E-state index contributed by atoms with van der Waals surface area (Å²) in [6.07, 6.45) is 5.66. The Kier molecular flexibility index (Phi) is 2.32. The van der Waals surface area contributed by atoms with Gasteiger partial charge in [-0.3, -0.25) is 4.40 Å². The van der Waals surface area contributed by atoms with Crippen molar-refractivity contribution < 1.29 is 0 Å². The smallest absolute Gasteiger partial charge is 0.162 e. The summed E-state index contributed by atoms with van der Waals surface area (Å²) in [5.74, 6) is 2.24. The van der Waals surface area contributed by atoms with Crippen LogP contribution in [0, 0.1) is 17.2 Å². The number of rotatable bonds is 1. The van der Waals surface area contributed by atoms with Gasteiger partial charge >= 0.3 is 0 Å². The van der Waals surface area contributed by atoms with Gasteiger partial charge in [0.1, 0.15) is 5.82 Å². The number of hydrogen-bond acceptors (Lipinski definition) is 3. The molecule has 2 unspecified atom stereocenters. The molecule has 0 saturated heterocycles. The highest BCUT2D eigenvalue weighted by atomic mass is 15.2. The third-order valence-corrected chi connectivity index (χ3v) is 3.76. The lowest BCUT2D eigenvalue weighted by molar-refractivity contribution is 0.506. The topological polar surface area (TPSA) is 54.0 Å². The average molecular weight is 226 g/mol. The summed E-state index contributed by atoms with van der Waals surface area (Å²) in [6.45, 7) is 2.28. The molecule has 2 aromatic rings. The van der Waals surface area contributed by atoms with Gasteiger partial charge in [0.15, 0.2) is 5.65 Å². The molecule has 0 bridgehead atoms. The van der Waals surface area contributed by atoms with Gasteiger partial charge in [0.25, 0.3) is 0 Å². The Labute approximate surface area is 99.9 Å². The van der Waals surface area contributed by atoms with Gasteiger partial charge < -0.3 is 0 Å². The summed E-state index contributed by atoms with van der Waals surface area (Å²) in [6, 6.07) is 5.73. The first-order chi connectivity index (χ1) is 8.29. The minimum absolute atomic E-state index is 0.512. The standard InChI is InChI=1S/C13H14N4/c1-9-3-2-4-11(9)13-16-15-12-7-10(8-14)5-6-17(12)13/h5-7,9,11H,2-4H2,1H3. The van der Waals surface area contributed by atoms with Gasteiger partial charge in [-0.1, -0.05) is 13.3 Å². The maximum absolute atomic E-state index is 8.85. The Hall–Kier alpha value is -1.89. The molecule has 0 spiro atoms. The first kappa shape index (κ1) is 10.3. The van der Waals surface area contributed by atoms with Crippen LogP contribution in [0.1, 0.15) is 43.5 Å². The minimum atomic E-state index is 0.512. The summed E-state index contributed by atoms with van der Waals surface area (Å²) in [5.41, 5.74) is 1.41. The fourth-order valence-electron chi connectivity index (χ4n) is 2.76. The van der Waals surface area contributed by atoms with Gasteiger partial charge in [0.2, 0.25) is 0 Å². The maximum Gasteiger partial charge on any atom is 0.162 e. The predicted molar refractivity (Wildman–Crippen MR) is 63.5 cm³/mol. The second-order valence-electron chi connectivity index (χ2n) is 4.83. The quantitative estimate of drug-likeness (QED) is 0.750. The Bertz CT molecular complexity index is 593. The van der Waals surface area contributed by atoms with E-state index in [1.807, 2.05) is 16.7 Å². The highest BCUT2D eigenvalue weighted by molar-refractivity contribution is 5.45. The predicted octanol–water partition coefficient (Wildman–Crippen LogP) is 2.50. The summed E-state index contributed by atoms with van der Waals surface area (Å²) in [5, 5.41) is 17.3. The van der Waals surface area contributed by atoms with Crippen molar-refractivity contribution in [1.82, 2.24) is 14.6 Å². The first-order valence-electron chi connectivity index (χ1n) is 6.04. The number of nitriles is 1. The Morgan fingerprint density at radius 2 is 2.29 bits per heavy atom. The van der Waals surface area contributed by atoms with E-state index in [1.54, 1.807) is 6.07 Å². The van der Waals surface area contributed by atoms with Crippen molar-refractivity contribution in [2.24, 2.45) is 5.92 Å². The van der Waals surface area contributed by atoms with Crippen LogP contribution in [-0.4, -0.2) is 14.6 Å². The normalized spacial score (nSPS) is 24.0. The van der Waals surface area contributed by atoms with E-state index in [0.717, 1.165) is 11.5 Å². The second-order valence-corrected chi connectivity index (χ2v) is 4.83. The van der Waals surface area contributed by atoms with Crippen LogP contribution in [0.4, 0.5) is 0 Å². The Morgan fingerprint density at radius 3 is 3.00 bits per heavy atom. The molecule has 17 heavy (non-hydrogen) atoms. The number of fused-ring (bicyclic) bond motifs is 1. The Morgan fingerprint density at radius 1 is 1.41 bits per heavy atom. The van der Waals surface area contributed by atoms with E-state index < -0.39 is 0 Å². The fraction of sp³-hybridized carbons (Fsp3) is 0.462. The molecule has 4 nitrogen and oxygen atoms in total. The SMILES string of the molecule is CC1CCCC1c1nnc2cc(C#N)ccn12. The van der Waals surface area contributed by atoms with Gasteiger partial charge in [-0.05, 0) is 24.8 Å². The zero-order valence-corrected chi connectivity index (χ0v) is 9.80. The van der Waals surface area contributed by atoms with Crippen molar-refractivity contribution in [3.63, 3.8) is 0 Å². The molecular formula is C13H14N4. The molecule has 0 amide bonds. The second kappa shape index (κ2) is 3.85.